The highest BCUT2D eigenvalue weighted by atomic mass is 16.6. The van der Waals surface area contributed by atoms with E-state index in [0.717, 1.165) is 30.4 Å². The maximum atomic E-state index is 10.3. The minimum atomic E-state index is -0.333. The highest BCUT2D eigenvalue weighted by Crippen LogP contribution is 2.61. The van der Waals surface area contributed by atoms with Crippen LogP contribution in [0.5, 0.6) is 0 Å². The topological polar surface area (TPSA) is 43.1 Å². The fourth-order valence-corrected chi connectivity index (χ4v) is 4.93. The summed E-state index contributed by atoms with van der Waals surface area (Å²) in [5.74, 6) is 2.82. The van der Waals surface area contributed by atoms with Gasteiger partial charge in [-0.2, -0.15) is 0 Å². The molecule has 0 saturated heterocycles. The Bertz CT molecular complexity index is 300. The Hall–Kier alpha value is -0.860. The Kier molecular flexibility index (Phi) is 2.30. The third kappa shape index (κ3) is 1.76. The fraction of sp³-hybridized carbons (Fsp3) is 0.846. The van der Waals surface area contributed by atoms with Gasteiger partial charge in [0.25, 0.3) is 0 Å². The van der Waals surface area contributed by atoms with Crippen molar-refractivity contribution in [2.75, 3.05) is 0 Å². The monoisotopic (exact) mass is 221 g/mol. The summed E-state index contributed by atoms with van der Waals surface area (Å²) in [7, 11) is 0. The molecule has 0 radical (unpaired) electrons. The zero-order valence-electron chi connectivity index (χ0n) is 9.60. The number of hydrogen-bond donors (Lipinski definition) is 0. The molecule has 0 amide bonds. The van der Waals surface area contributed by atoms with Gasteiger partial charge in [-0.3, -0.25) is 10.1 Å². The van der Waals surface area contributed by atoms with Crippen molar-refractivity contribution in [3.8, 4) is 0 Å². The minimum Gasteiger partial charge on any atom is -0.259 e. The van der Waals surface area contributed by atoms with Crippen LogP contribution in [0.25, 0.3) is 0 Å². The number of nitro groups is 1. The lowest BCUT2D eigenvalue weighted by Crippen LogP contribution is -2.45. The summed E-state index contributed by atoms with van der Waals surface area (Å²) in [4.78, 5) is 9.97. The molecule has 4 aliphatic rings. The first kappa shape index (κ1) is 10.3. The molecule has 4 saturated carbocycles. The van der Waals surface area contributed by atoms with Gasteiger partial charge in [0.05, 0.1) is 4.92 Å². The van der Waals surface area contributed by atoms with Crippen LogP contribution < -0.4 is 0 Å². The van der Waals surface area contributed by atoms with Crippen LogP contribution in [0.1, 0.15) is 44.9 Å². The first-order valence-electron chi connectivity index (χ1n) is 6.45. The van der Waals surface area contributed by atoms with Gasteiger partial charge in [0.15, 0.2) is 0 Å². The summed E-state index contributed by atoms with van der Waals surface area (Å²) in [5.41, 5.74) is 0.446. The Morgan fingerprint density at radius 1 is 1.12 bits per heavy atom. The van der Waals surface area contributed by atoms with E-state index < -0.39 is 0 Å². The van der Waals surface area contributed by atoms with E-state index in [1.807, 2.05) is 0 Å². The lowest BCUT2D eigenvalue weighted by molar-refractivity contribution is -0.402. The lowest BCUT2D eigenvalue weighted by Gasteiger charge is -2.56. The van der Waals surface area contributed by atoms with Gasteiger partial charge in [-0.25, -0.2) is 0 Å². The highest BCUT2D eigenvalue weighted by molar-refractivity contribution is 5.03. The van der Waals surface area contributed by atoms with Gasteiger partial charge in [-0.15, -0.1) is 0 Å². The molecular weight excluding hydrogens is 202 g/mol. The van der Waals surface area contributed by atoms with Gasteiger partial charge in [0, 0.05) is 0 Å². The lowest BCUT2D eigenvalue weighted by atomic mass is 9.49. The summed E-state index contributed by atoms with van der Waals surface area (Å²) in [6.07, 6.45) is 12.2. The molecule has 16 heavy (non-hydrogen) atoms. The second-order valence-electron chi connectivity index (χ2n) is 6.29. The van der Waals surface area contributed by atoms with Gasteiger partial charge in [0.1, 0.15) is 0 Å². The highest BCUT2D eigenvalue weighted by Gasteiger charge is 2.50. The smallest absolute Gasteiger partial charge is 0.230 e. The zero-order valence-corrected chi connectivity index (χ0v) is 9.60. The molecule has 88 valence electrons. The second kappa shape index (κ2) is 3.57. The Balaban J connectivity index is 1.71. The number of allylic oxidation sites excluding steroid dienone is 1. The standard InChI is InChI=1S/C13H19NO2/c15-14(16)3-1-2-13-7-10-4-11(8-13)6-12(5-10)9-13/h1,3,10-12H,2,4-9H2/b3-1+. The van der Waals surface area contributed by atoms with E-state index >= 15 is 0 Å². The Morgan fingerprint density at radius 2 is 1.62 bits per heavy atom. The Labute approximate surface area is 96.1 Å². The predicted molar refractivity (Wildman–Crippen MR) is 61.4 cm³/mol. The van der Waals surface area contributed by atoms with Crippen molar-refractivity contribution in [2.24, 2.45) is 23.2 Å². The molecule has 3 heteroatoms. The largest absolute Gasteiger partial charge is 0.259 e. The average Bonchev–Trinajstić information content (AvgIpc) is 2.13. The van der Waals surface area contributed by atoms with Gasteiger partial charge in [0.2, 0.25) is 6.20 Å². The maximum absolute atomic E-state index is 10.3. The molecule has 0 atom stereocenters. The van der Waals surface area contributed by atoms with Crippen molar-refractivity contribution in [3.63, 3.8) is 0 Å². The zero-order chi connectivity index (χ0) is 11.2. The SMILES string of the molecule is O=[N+]([O-])/C=C/CC12CC3CC(CC(C3)C1)C2. The van der Waals surface area contributed by atoms with E-state index in [1.54, 1.807) is 6.08 Å². The molecule has 4 bridgehead atoms. The molecule has 0 aromatic heterocycles. The summed E-state index contributed by atoms with van der Waals surface area (Å²) in [5, 5.41) is 10.3. The van der Waals surface area contributed by atoms with Crippen LogP contribution >= 0.6 is 0 Å². The van der Waals surface area contributed by atoms with E-state index in [1.165, 1.54) is 38.5 Å². The molecule has 4 aliphatic carbocycles. The minimum absolute atomic E-state index is 0.333. The Morgan fingerprint density at radius 3 is 2.06 bits per heavy atom. The fourth-order valence-electron chi connectivity index (χ4n) is 4.93. The first-order valence-corrected chi connectivity index (χ1v) is 6.45. The molecular formula is C13H19NO2. The molecule has 3 nitrogen and oxygen atoms in total. The number of nitrogens with zero attached hydrogens (tertiary/aromatic N) is 1. The van der Waals surface area contributed by atoms with E-state index in [4.69, 9.17) is 0 Å². The quantitative estimate of drug-likeness (QED) is 0.541. The summed E-state index contributed by atoms with van der Waals surface area (Å²) < 4.78 is 0. The second-order valence-corrected chi connectivity index (χ2v) is 6.29. The van der Waals surface area contributed by atoms with Crippen LogP contribution in [-0.2, 0) is 0 Å². The van der Waals surface area contributed by atoms with E-state index in [-0.39, 0.29) is 4.92 Å². The van der Waals surface area contributed by atoms with Crippen LogP contribution in [0.4, 0.5) is 0 Å². The van der Waals surface area contributed by atoms with Gasteiger partial charge in [-0.05, 0) is 74.2 Å². The summed E-state index contributed by atoms with van der Waals surface area (Å²) in [6, 6.07) is 0. The van der Waals surface area contributed by atoms with E-state index in [9.17, 15) is 10.1 Å². The van der Waals surface area contributed by atoms with Gasteiger partial charge >= 0.3 is 0 Å². The summed E-state index contributed by atoms with van der Waals surface area (Å²) >= 11 is 0. The molecule has 0 aromatic carbocycles. The molecule has 4 rings (SSSR count). The number of hydrogen-bond acceptors (Lipinski definition) is 2. The molecule has 0 N–H and O–H groups in total. The molecule has 0 aliphatic heterocycles. The van der Waals surface area contributed by atoms with Crippen molar-refractivity contribution in [1.82, 2.24) is 0 Å². The average molecular weight is 221 g/mol. The van der Waals surface area contributed by atoms with Crippen molar-refractivity contribution in [3.05, 3.63) is 22.4 Å². The predicted octanol–water partition coefficient (Wildman–Crippen LogP) is 3.38. The molecule has 0 unspecified atom stereocenters. The van der Waals surface area contributed by atoms with Crippen molar-refractivity contribution in [1.29, 1.82) is 0 Å². The van der Waals surface area contributed by atoms with E-state index in [2.05, 4.69) is 0 Å². The van der Waals surface area contributed by atoms with Gasteiger partial charge < -0.3 is 0 Å². The summed E-state index contributed by atoms with van der Waals surface area (Å²) in [6.45, 7) is 0. The first-order chi connectivity index (χ1) is 7.65. The van der Waals surface area contributed by atoms with Crippen LogP contribution in [0.15, 0.2) is 12.3 Å². The molecule has 0 heterocycles. The van der Waals surface area contributed by atoms with E-state index in [0.29, 0.717) is 5.41 Å². The van der Waals surface area contributed by atoms with Crippen LogP contribution in [0, 0.1) is 33.3 Å². The van der Waals surface area contributed by atoms with Crippen molar-refractivity contribution in [2.45, 2.75) is 44.9 Å². The van der Waals surface area contributed by atoms with Crippen molar-refractivity contribution < 1.29 is 4.92 Å². The third-order valence-corrected chi connectivity index (χ3v) is 4.94. The molecule has 0 aromatic rings. The molecule has 0 spiro atoms. The maximum Gasteiger partial charge on any atom is 0.230 e. The number of rotatable bonds is 3. The molecule has 4 fully saturated rings. The van der Waals surface area contributed by atoms with Gasteiger partial charge in [-0.1, -0.05) is 0 Å². The van der Waals surface area contributed by atoms with Crippen molar-refractivity contribution >= 4 is 0 Å². The van der Waals surface area contributed by atoms with Crippen LogP contribution in [-0.4, -0.2) is 4.92 Å². The van der Waals surface area contributed by atoms with Crippen LogP contribution in [0.2, 0.25) is 0 Å². The normalized spacial score (nSPS) is 45.4. The van der Waals surface area contributed by atoms with Crippen LogP contribution in [0.3, 0.4) is 0 Å². The third-order valence-electron chi connectivity index (χ3n) is 4.94.